The molecule has 6 heteroatoms. The molecule has 138 valence electrons. The fourth-order valence-corrected chi connectivity index (χ4v) is 3.99. The van der Waals surface area contributed by atoms with Crippen LogP contribution >= 0.6 is 23.4 Å². The Labute approximate surface area is 159 Å². The molecule has 2 rings (SSSR count). The third-order valence-corrected chi connectivity index (χ3v) is 5.44. The van der Waals surface area contributed by atoms with Gasteiger partial charge in [-0.15, -0.1) is 0 Å². The molecule has 0 aliphatic carbocycles. The van der Waals surface area contributed by atoms with Crippen LogP contribution in [0.5, 0.6) is 0 Å². The molecule has 1 aromatic rings. The number of hydrogen-bond acceptors (Lipinski definition) is 4. The van der Waals surface area contributed by atoms with Crippen molar-refractivity contribution in [1.82, 2.24) is 4.90 Å². The summed E-state index contributed by atoms with van der Waals surface area (Å²) in [5.74, 6) is 0.710. The molecule has 1 heterocycles. The summed E-state index contributed by atoms with van der Waals surface area (Å²) in [7, 11) is 0. The molecule has 0 aromatic heterocycles. The van der Waals surface area contributed by atoms with Gasteiger partial charge in [0.2, 0.25) is 5.91 Å². The fourth-order valence-electron chi connectivity index (χ4n) is 3.40. The highest BCUT2D eigenvalue weighted by Gasteiger charge is 2.44. The quantitative estimate of drug-likeness (QED) is 0.672. The Morgan fingerprint density at radius 1 is 1.40 bits per heavy atom. The lowest BCUT2D eigenvalue weighted by molar-refractivity contribution is -0.160. The van der Waals surface area contributed by atoms with Crippen molar-refractivity contribution >= 4 is 35.2 Å². The maximum Gasteiger partial charge on any atom is 0.314 e. The van der Waals surface area contributed by atoms with Crippen molar-refractivity contribution < 1.29 is 14.3 Å². The molecule has 1 fully saturated rings. The predicted octanol–water partition coefficient (Wildman–Crippen LogP) is 3.81. The molecule has 1 aliphatic rings. The number of rotatable bonds is 7. The Hall–Kier alpha value is -1.20. The molecule has 0 unspecified atom stereocenters. The normalized spacial score (nSPS) is 20.4. The van der Waals surface area contributed by atoms with E-state index in [1.807, 2.05) is 42.3 Å². The molecular weight excluding hydrogens is 358 g/mol. The number of amides is 1. The largest absolute Gasteiger partial charge is 0.466 e. The van der Waals surface area contributed by atoms with E-state index in [0.29, 0.717) is 37.6 Å². The first-order chi connectivity index (χ1) is 12.0. The number of carbonyl (C=O) groups excluding carboxylic acids is 2. The van der Waals surface area contributed by atoms with Crippen LogP contribution in [0, 0.1) is 5.41 Å². The van der Waals surface area contributed by atoms with Gasteiger partial charge in [0.05, 0.1) is 12.0 Å². The van der Waals surface area contributed by atoms with Gasteiger partial charge in [-0.1, -0.05) is 23.7 Å². The van der Waals surface area contributed by atoms with E-state index in [4.69, 9.17) is 16.3 Å². The molecule has 4 nitrogen and oxygen atoms in total. The Kier molecular flexibility index (Phi) is 7.63. The van der Waals surface area contributed by atoms with E-state index in [9.17, 15) is 9.59 Å². The number of benzene rings is 1. The lowest BCUT2D eigenvalue weighted by Crippen LogP contribution is -2.51. The Morgan fingerprint density at radius 2 is 2.20 bits per heavy atom. The van der Waals surface area contributed by atoms with Crippen LogP contribution in [0.15, 0.2) is 24.3 Å². The van der Waals surface area contributed by atoms with Gasteiger partial charge in [-0.05, 0) is 50.1 Å². The van der Waals surface area contributed by atoms with Gasteiger partial charge in [0, 0.05) is 30.3 Å². The van der Waals surface area contributed by atoms with Crippen molar-refractivity contribution in [3.05, 3.63) is 34.9 Å². The first-order valence-electron chi connectivity index (χ1n) is 8.69. The van der Waals surface area contributed by atoms with Crippen LogP contribution < -0.4 is 0 Å². The van der Waals surface area contributed by atoms with Crippen molar-refractivity contribution in [2.24, 2.45) is 5.41 Å². The summed E-state index contributed by atoms with van der Waals surface area (Å²) in [4.78, 5) is 27.1. The summed E-state index contributed by atoms with van der Waals surface area (Å²) in [5, 5.41) is 0.653. The summed E-state index contributed by atoms with van der Waals surface area (Å²) in [6, 6.07) is 7.57. The van der Waals surface area contributed by atoms with Crippen LogP contribution in [0.25, 0.3) is 0 Å². The zero-order chi connectivity index (χ0) is 18.3. The first-order valence-corrected chi connectivity index (χ1v) is 10.5. The van der Waals surface area contributed by atoms with Crippen LogP contribution in [0.2, 0.25) is 5.02 Å². The number of carbonyl (C=O) groups is 2. The fraction of sp³-hybridized carbons (Fsp3) is 0.579. The summed E-state index contributed by atoms with van der Waals surface area (Å²) in [5.41, 5.74) is 0.312. The Balaban J connectivity index is 2.22. The van der Waals surface area contributed by atoms with Crippen LogP contribution in [0.3, 0.4) is 0 Å². The third kappa shape index (κ3) is 5.38. The minimum absolute atomic E-state index is 0.119. The zero-order valence-corrected chi connectivity index (χ0v) is 16.5. The van der Waals surface area contributed by atoms with Gasteiger partial charge in [-0.3, -0.25) is 9.59 Å². The number of nitrogens with zero attached hydrogens (tertiary/aromatic N) is 1. The van der Waals surface area contributed by atoms with Crippen molar-refractivity contribution in [3.63, 3.8) is 0 Å². The molecule has 25 heavy (non-hydrogen) atoms. The zero-order valence-electron chi connectivity index (χ0n) is 14.9. The summed E-state index contributed by atoms with van der Waals surface area (Å²) >= 11 is 7.76. The number of likely N-dealkylation sites (tertiary alicyclic amines) is 1. The standard InChI is InChI=1S/C19H26ClNO3S/c1-3-24-18(23)19(13-15-6-4-7-16(20)12-15)9-5-10-21(14-19)17(22)8-11-25-2/h4,6-7,12H,3,5,8-11,13-14H2,1-2H3/t19-/m1/s1. The molecule has 1 amide bonds. The van der Waals surface area contributed by atoms with E-state index in [0.717, 1.165) is 24.2 Å². The van der Waals surface area contributed by atoms with Crippen LogP contribution in [-0.2, 0) is 20.7 Å². The van der Waals surface area contributed by atoms with Gasteiger partial charge in [0.15, 0.2) is 0 Å². The number of ether oxygens (including phenoxy) is 1. The van der Waals surface area contributed by atoms with E-state index < -0.39 is 5.41 Å². The second-order valence-electron chi connectivity index (χ2n) is 6.47. The third-order valence-electron chi connectivity index (χ3n) is 4.59. The van der Waals surface area contributed by atoms with E-state index in [-0.39, 0.29) is 11.9 Å². The number of thioether (sulfide) groups is 1. The topological polar surface area (TPSA) is 46.6 Å². The molecule has 1 aliphatic heterocycles. The molecule has 0 spiro atoms. The van der Waals surface area contributed by atoms with Gasteiger partial charge in [0.25, 0.3) is 0 Å². The highest BCUT2D eigenvalue weighted by Crippen LogP contribution is 2.36. The van der Waals surface area contributed by atoms with Crippen molar-refractivity contribution in [2.75, 3.05) is 31.7 Å². The molecule has 0 N–H and O–H groups in total. The van der Waals surface area contributed by atoms with Gasteiger partial charge in [-0.2, -0.15) is 11.8 Å². The average Bonchev–Trinajstić information content (AvgIpc) is 2.60. The first kappa shape index (κ1) is 20.1. The molecule has 0 bridgehead atoms. The van der Waals surface area contributed by atoms with E-state index in [1.165, 1.54) is 0 Å². The number of piperidine rings is 1. The lowest BCUT2D eigenvalue weighted by Gasteiger charge is -2.41. The number of halogens is 1. The van der Waals surface area contributed by atoms with Crippen molar-refractivity contribution in [1.29, 1.82) is 0 Å². The maximum absolute atomic E-state index is 12.8. The van der Waals surface area contributed by atoms with E-state index >= 15 is 0 Å². The Bertz CT molecular complexity index is 610. The predicted molar refractivity (Wildman–Crippen MR) is 103 cm³/mol. The van der Waals surface area contributed by atoms with E-state index in [2.05, 4.69) is 0 Å². The van der Waals surface area contributed by atoms with Gasteiger partial charge in [-0.25, -0.2) is 0 Å². The van der Waals surface area contributed by atoms with Gasteiger partial charge in [0.1, 0.15) is 0 Å². The van der Waals surface area contributed by atoms with Crippen LogP contribution in [0.4, 0.5) is 0 Å². The molecule has 1 aromatic carbocycles. The Morgan fingerprint density at radius 3 is 2.88 bits per heavy atom. The van der Waals surface area contributed by atoms with Gasteiger partial charge >= 0.3 is 5.97 Å². The average molecular weight is 384 g/mol. The molecule has 1 saturated heterocycles. The highest BCUT2D eigenvalue weighted by molar-refractivity contribution is 7.98. The summed E-state index contributed by atoms with van der Waals surface area (Å²) in [6.45, 7) is 3.29. The van der Waals surface area contributed by atoms with E-state index in [1.54, 1.807) is 11.8 Å². The molecule has 0 radical (unpaired) electrons. The van der Waals surface area contributed by atoms with Crippen LogP contribution in [-0.4, -0.2) is 48.5 Å². The second kappa shape index (κ2) is 9.48. The monoisotopic (exact) mass is 383 g/mol. The SMILES string of the molecule is CCOC(=O)[C@@]1(Cc2cccc(Cl)c2)CCCN(C(=O)CCSC)C1. The smallest absolute Gasteiger partial charge is 0.314 e. The minimum Gasteiger partial charge on any atom is -0.466 e. The molecular formula is C19H26ClNO3S. The number of hydrogen-bond donors (Lipinski definition) is 0. The molecule has 0 saturated carbocycles. The minimum atomic E-state index is -0.687. The van der Waals surface area contributed by atoms with Crippen LogP contribution in [0.1, 0.15) is 31.7 Å². The summed E-state index contributed by atoms with van der Waals surface area (Å²) < 4.78 is 5.38. The second-order valence-corrected chi connectivity index (χ2v) is 7.89. The summed E-state index contributed by atoms with van der Waals surface area (Å²) in [6.07, 6.45) is 4.58. The van der Waals surface area contributed by atoms with Crippen molar-refractivity contribution in [2.45, 2.75) is 32.6 Å². The van der Waals surface area contributed by atoms with Crippen molar-refractivity contribution in [3.8, 4) is 0 Å². The lowest BCUT2D eigenvalue weighted by atomic mass is 9.75. The maximum atomic E-state index is 12.8. The van der Waals surface area contributed by atoms with Gasteiger partial charge < -0.3 is 9.64 Å². The molecule has 1 atom stereocenters. The number of esters is 1. The highest BCUT2D eigenvalue weighted by atomic mass is 35.5.